The lowest BCUT2D eigenvalue weighted by atomic mass is 9.86. The second-order valence-electron chi connectivity index (χ2n) is 7.69. The third kappa shape index (κ3) is 7.16. The molecule has 0 saturated heterocycles. The minimum absolute atomic E-state index is 0.404. The number of ether oxygens (including phenoxy) is 1. The van der Waals surface area contributed by atoms with Crippen LogP contribution in [-0.2, 0) is 27.2 Å². The van der Waals surface area contributed by atoms with Gasteiger partial charge in [0.25, 0.3) is 6.47 Å². The maximum atomic E-state index is 11.1. The maximum Gasteiger partial charge on any atom is 0.309 e. The van der Waals surface area contributed by atoms with E-state index >= 15 is 0 Å². The smallest absolute Gasteiger partial charge is 0.309 e. The van der Waals surface area contributed by atoms with Crippen LogP contribution in [0, 0.1) is 5.41 Å². The molecule has 0 unspecified atom stereocenters. The van der Waals surface area contributed by atoms with Gasteiger partial charge in [0, 0.05) is 0 Å². The van der Waals surface area contributed by atoms with Crippen LogP contribution in [0.5, 0.6) is 0 Å². The standard InChI is InChI=1S/C20H30O4/c1-19(2,18(22)23)13-5-7-16-9-11-17(12-10-16)8-6-14-20(3,4)24-15-21/h9-12,15H,5-8,13-14H2,1-4H3,(H,22,23). The van der Waals surface area contributed by atoms with E-state index in [1.165, 1.54) is 11.1 Å². The van der Waals surface area contributed by atoms with Crippen molar-refractivity contribution in [1.82, 2.24) is 0 Å². The van der Waals surface area contributed by atoms with E-state index < -0.39 is 17.0 Å². The van der Waals surface area contributed by atoms with Gasteiger partial charge >= 0.3 is 5.97 Å². The van der Waals surface area contributed by atoms with Crippen LogP contribution in [0.25, 0.3) is 0 Å². The Morgan fingerprint density at radius 3 is 1.88 bits per heavy atom. The van der Waals surface area contributed by atoms with Gasteiger partial charge in [0.05, 0.1) is 5.41 Å². The van der Waals surface area contributed by atoms with E-state index in [1.807, 2.05) is 13.8 Å². The number of benzene rings is 1. The van der Waals surface area contributed by atoms with Crippen LogP contribution in [0.2, 0.25) is 0 Å². The number of aliphatic carboxylic acids is 1. The maximum absolute atomic E-state index is 11.1. The lowest BCUT2D eigenvalue weighted by Crippen LogP contribution is -2.23. The summed E-state index contributed by atoms with van der Waals surface area (Å²) in [6, 6.07) is 8.50. The van der Waals surface area contributed by atoms with Crippen molar-refractivity contribution in [2.75, 3.05) is 0 Å². The third-order valence-electron chi connectivity index (χ3n) is 4.48. The molecule has 134 valence electrons. The van der Waals surface area contributed by atoms with Crippen molar-refractivity contribution < 1.29 is 19.4 Å². The summed E-state index contributed by atoms with van der Waals surface area (Å²) >= 11 is 0. The van der Waals surface area contributed by atoms with E-state index in [1.54, 1.807) is 13.8 Å². The SMILES string of the molecule is CC(C)(CCCc1ccc(CCCC(C)(C)C(=O)O)cc1)OC=O. The number of carbonyl (C=O) groups is 2. The third-order valence-corrected chi connectivity index (χ3v) is 4.48. The molecule has 0 aliphatic rings. The highest BCUT2D eigenvalue weighted by atomic mass is 16.5. The van der Waals surface area contributed by atoms with Crippen molar-refractivity contribution in [3.63, 3.8) is 0 Å². The number of hydrogen-bond donors (Lipinski definition) is 1. The van der Waals surface area contributed by atoms with Gasteiger partial charge in [0.2, 0.25) is 0 Å². The molecule has 0 radical (unpaired) electrons. The normalized spacial score (nSPS) is 12.0. The lowest BCUT2D eigenvalue weighted by Gasteiger charge is -2.22. The van der Waals surface area contributed by atoms with Crippen molar-refractivity contribution in [2.45, 2.75) is 71.8 Å². The average molecular weight is 334 g/mol. The van der Waals surface area contributed by atoms with E-state index in [-0.39, 0.29) is 0 Å². The Kier molecular flexibility index (Phi) is 7.46. The predicted molar refractivity (Wildman–Crippen MR) is 95.0 cm³/mol. The Morgan fingerprint density at radius 2 is 1.46 bits per heavy atom. The quantitative estimate of drug-likeness (QED) is 0.609. The molecule has 0 spiro atoms. The highest BCUT2D eigenvalue weighted by Crippen LogP contribution is 2.24. The Hall–Kier alpha value is -1.84. The van der Waals surface area contributed by atoms with Crippen LogP contribution in [-0.4, -0.2) is 23.1 Å². The van der Waals surface area contributed by atoms with Crippen LogP contribution in [0.3, 0.4) is 0 Å². The summed E-state index contributed by atoms with van der Waals surface area (Å²) in [6.07, 6.45) is 5.20. The van der Waals surface area contributed by atoms with Crippen molar-refractivity contribution >= 4 is 12.4 Å². The first-order chi connectivity index (χ1) is 11.2. The molecule has 0 aromatic heterocycles. The second-order valence-corrected chi connectivity index (χ2v) is 7.69. The van der Waals surface area contributed by atoms with Gasteiger partial charge in [-0.05, 0) is 77.3 Å². The van der Waals surface area contributed by atoms with E-state index in [0.717, 1.165) is 32.1 Å². The van der Waals surface area contributed by atoms with Crippen LogP contribution in [0.4, 0.5) is 0 Å². The number of carbonyl (C=O) groups excluding carboxylic acids is 1. The number of aryl methyl sites for hydroxylation is 2. The molecule has 0 amide bonds. The molecular formula is C20H30O4. The van der Waals surface area contributed by atoms with Crippen LogP contribution < -0.4 is 0 Å². The molecule has 1 aromatic carbocycles. The topological polar surface area (TPSA) is 63.6 Å². The first-order valence-electron chi connectivity index (χ1n) is 8.59. The number of hydrogen-bond acceptors (Lipinski definition) is 3. The van der Waals surface area contributed by atoms with Crippen LogP contribution in [0.15, 0.2) is 24.3 Å². The Labute approximate surface area is 145 Å². The van der Waals surface area contributed by atoms with Crippen LogP contribution in [0.1, 0.15) is 64.5 Å². The molecule has 24 heavy (non-hydrogen) atoms. The Bertz CT molecular complexity index is 529. The monoisotopic (exact) mass is 334 g/mol. The fourth-order valence-electron chi connectivity index (χ4n) is 2.62. The van der Waals surface area contributed by atoms with Gasteiger partial charge in [-0.15, -0.1) is 0 Å². The zero-order valence-corrected chi connectivity index (χ0v) is 15.3. The summed E-state index contributed by atoms with van der Waals surface area (Å²) in [5, 5.41) is 9.12. The minimum atomic E-state index is -0.737. The summed E-state index contributed by atoms with van der Waals surface area (Å²) < 4.78 is 5.05. The molecule has 0 fully saturated rings. The second kappa shape index (κ2) is 8.86. The molecule has 0 saturated carbocycles. The molecule has 0 heterocycles. The van der Waals surface area contributed by atoms with Crippen molar-refractivity contribution in [1.29, 1.82) is 0 Å². The summed E-state index contributed by atoms with van der Waals surface area (Å²) in [6.45, 7) is 7.90. The summed E-state index contributed by atoms with van der Waals surface area (Å²) in [5.74, 6) is -0.737. The minimum Gasteiger partial charge on any atom is -0.481 e. The van der Waals surface area contributed by atoms with Gasteiger partial charge in [-0.3, -0.25) is 9.59 Å². The average Bonchev–Trinajstić information content (AvgIpc) is 2.48. The number of carboxylic acid groups (broad SMARTS) is 1. The largest absolute Gasteiger partial charge is 0.481 e. The van der Waals surface area contributed by atoms with Crippen molar-refractivity contribution in [2.24, 2.45) is 5.41 Å². The van der Waals surface area contributed by atoms with Crippen molar-refractivity contribution in [3.8, 4) is 0 Å². The van der Waals surface area contributed by atoms with E-state index in [2.05, 4.69) is 24.3 Å². The van der Waals surface area contributed by atoms with Gasteiger partial charge in [0.15, 0.2) is 0 Å². The molecule has 0 aliphatic heterocycles. The van der Waals surface area contributed by atoms with E-state index in [4.69, 9.17) is 9.84 Å². The van der Waals surface area contributed by atoms with E-state index in [0.29, 0.717) is 12.9 Å². The summed E-state index contributed by atoms with van der Waals surface area (Å²) in [5.41, 5.74) is 1.45. The highest BCUT2D eigenvalue weighted by Gasteiger charge is 2.26. The lowest BCUT2D eigenvalue weighted by molar-refractivity contribution is -0.147. The molecule has 1 N–H and O–H groups in total. The molecule has 1 rings (SSSR count). The molecule has 0 aliphatic carbocycles. The zero-order valence-electron chi connectivity index (χ0n) is 15.3. The van der Waals surface area contributed by atoms with Gasteiger partial charge in [-0.1, -0.05) is 24.3 Å². The fourth-order valence-corrected chi connectivity index (χ4v) is 2.62. The van der Waals surface area contributed by atoms with Gasteiger partial charge < -0.3 is 9.84 Å². The predicted octanol–water partition coefficient (Wildman–Crippen LogP) is 4.39. The van der Waals surface area contributed by atoms with Crippen LogP contribution >= 0.6 is 0 Å². The van der Waals surface area contributed by atoms with Gasteiger partial charge in [0.1, 0.15) is 5.60 Å². The van der Waals surface area contributed by atoms with Gasteiger partial charge in [-0.25, -0.2) is 0 Å². The number of rotatable bonds is 11. The molecule has 4 heteroatoms. The Morgan fingerprint density at radius 1 is 1.00 bits per heavy atom. The van der Waals surface area contributed by atoms with Gasteiger partial charge in [-0.2, -0.15) is 0 Å². The first kappa shape index (κ1) is 20.2. The van der Waals surface area contributed by atoms with Crippen molar-refractivity contribution in [3.05, 3.63) is 35.4 Å². The molecule has 0 atom stereocenters. The van der Waals surface area contributed by atoms with E-state index in [9.17, 15) is 9.59 Å². The fraction of sp³-hybridized carbons (Fsp3) is 0.600. The molecule has 0 bridgehead atoms. The Balaban J connectivity index is 2.38. The highest BCUT2D eigenvalue weighted by molar-refractivity contribution is 5.73. The zero-order chi connectivity index (χ0) is 18.2. The molecule has 4 nitrogen and oxygen atoms in total. The molecule has 1 aromatic rings. The summed E-state index contributed by atoms with van der Waals surface area (Å²) in [7, 11) is 0. The first-order valence-corrected chi connectivity index (χ1v) is 8.59. The molecular weight excluding hydrogens is 304 g/mol. The number of carboxylic acids is 1. The summed E-state index contributed by atoms with van der Waals surface area (Å²) in [4.78, 5) is 21.5.